The minimum Gasteiger partial charge on any atom is -0.477 e. The number of furan rings is 1. The van der Waals surface area contributed by atoms with Crippen molar-refractivity contribution in [2.45, 2.75) is 39.0 Å². The molecule has 0 unspecified atom stereocenters. The number of hydrogen-bond donors (Lipinski definition) is 0. The second-order valence-corrected chi connectivity index (χ2v) is 5.98. The minimum absolute atomic E-state index is 0.430. The van der Waals surface area contributed by atoms with Gasteiger partial charge in [0.15, 0.2) is 0 Å². The van der Waals surface area contributed by atoms with Crippen LogP contribution in [0.4, 0.5) is 0 Å². The van der Waals surface area contributed by atoms with Crippen molar-refractivity contribution in [3.8, 4) is 23.3 Å². The Labute approximate surface area is 135 Å². The minimum atomic E-state index is 0.430. The number of rotatable bonds is 3. The van der Waals surface area contributed by atoms with Crippen LogP contribution >= 0.6 is 0 Å². The monoisotopic (exact) mass is 306 g/mol. The Balaban J connectivity index is 1.98. The van der Waals surface area contributed by atoms with Crippen LogP contribution in [0, 0.1) is 11.3 Å². The molecule has 0 amide bonds. The van der Waals surface area contributed by atoms with Gasteiger partial charge in [-0.2, -0.15) is 5.26 Å². The van der Waals surface area contributed by atoms with Crippen LogP contribution < -0.4 is 4.74 Å². The molecule has 2 aliphatic carbocycles. The highest BCUT2D eigenvalue weighted by Gasteiger charge is 2.32. The number of ether oxygens (including phenoxy) is 1. The predicted molar refractivity (Wildman–Crippen MR) is 86.9 cm³/mol. The van der Waals surface area contributed by atoms with E-state index < -0.39 is 0 Å². The van der Waals surface area contributed by atoms with Crippen LogP contribution in [-0.4, -0.2) is 11.6 Å². The van der Waals surface area contributed by atoms with E-state index in [0.29, 0.717) is 18.1 Å². The van der Waals surface area contributed by atoms with Crippen molar-refractivity contribution in [1.82, 2.24) is 4.98 Å². The second kappa shape index (κ2) is 5.58. The molecule has 0 radical (unpaired) electrons. The summed E-state index contributed by atoms with van der Waals surface area (Å²) >= 11 is 0. The third-order valence-electron chi connectivity index (χ3n) is 4.68. The summed E-state index contributed by atoms with van der Waals surface area (Å²) in [7, 11) is 0. The summed E-state index contributed by atoms with van der Waals surface area (Å²) in [5.41, 5.74) is 6.34. The van der Waals surface area contributed by atoms with Crippen LogP contribution in [0.5, 0.6) is 5.88 Å². The molecule has 0 atom stereocenters. The number of pyridine rings is 1. The zero-order chi connectivity index (χ0) is 15.8. The Morgan fingerprint density at radius 1 is 1.35 bits per heavy atom. The Hall–Kier alpha value is -2.54. The maximum Gasteiger partial charge on any atom is 0.233 e. The van der Waals surface area contributed by atoms with Crippen LogP contribution in [-0.2, 0) is 6.42 Å². The average Bonchev–Trinajstić information content (AvgIpc) is 3.21. The lowest BCUT2D eigenvalue weighted by Crippen LogP contribution is -2.04. The summed E-state index contributed by atoms with van der Waals surface area (Å²) in [6.45, 7) is 2.40. The summed E-state index contributed by atoms with van der Waals surface area (Å²) in [5, 5.41) is 9.69. The van der Waals surface area contributed by atoms with Crippen molar-refractivity contribution in [3.63, 3.8) is 0 Å². The summed E-state index contributed by atoms with van der Waals surface area (Å²) in [6, 6.07) is 6.04. The van der Waals surface area contributed by atoms with Gasteiger partial charge in [-0.25, -0.2) is 4.98 Å². The van der Waals surface area contributed by atoms with Gasteiger partial charge in [0.1, 0.15) is 17.4 Å². The lowest BCUT2D eigenvalue weighted by atomic mass is 9.93. The smallest absolute Gasteiger partial charge is 0.233 e. The molecule has 4 rings (SSSR count). The number of fused-ring (bicyclic) bond motifs is 2. The van der Waals surface area contributed by atoms with Crippen molar-refractivity contribution < 1.29 is 9.15 Å². The van der Waals surface area contributed by atoms with E-state index in [-0.39, 0.29) is 0 Å². The lowest BCUT2D eigenvalue weighted by Gasteiger charge is -2.15. The van der Waals surface area contributed by atoms with E-state index in [0.717, 1.165) is 41.8 Å². The molecule has 4 heteroatoms. The van der Waals surface area contributed by atoms with E-state index in [2.05, 4.69) is 6.07 Å². The van der Waals surface area contributed by atoms with Gasteiger partial charge in [0, 0.05) is 5.56 Å². The number of nitrogens with zero attached hydrogens (tertiary/aromatic N) is 2. The average molecular weight is 306 g/mol. The van der Waals surface area contributed by atoms with E-state index in [1.54, 1.807) is 6.26 Å². The van der Waals surface area contributed by atoms with Crippen LogP contribution in [0.15, 0.2) is 28.4 Å². The van der Waals surface area contributed by atoms with Crippen LogP contribution in [0.1, 0.15) is 49.4 Å². The van der Waals surface area contributed by atoms with Crippen LogP contribution in [0.2, 0.25) is 0 Å². The van der Waals surface area contributed by atoms with E-state index >= 15 is 0 Å². The fourth-order valence-corrected chi connectivity index (χ4v) is 3.72. The molecule has 2 heterocycles. The molecule has 23 heavy (non-hydrogen) atoms. The molecule has 2 aromatic rings. The molecule has 0 saturated heterocycles. The Bertz CT molecular complexity index is 826. The first-order valence-corrected chi connectivity index (χ1v) is 8.18. The van der Waals surface area contributed by atoms with E-state index in [4.69, 9.17) is 14.1 Å². The number of hydrogen-bond acceptors (Lipinski definition) is 4. The van der Waals surface area contributed by atoms with Gasteiger partial charge < -0.3 is 9.15 Å². The first-order chi connectivity index (χ1) is 11.3. The van der Waals surface area contributed by atoms with Crippen molar-refractivity contribution in [2.24, 2.45) is 0 Å². The fraction of sp³-hybridized carbons (Fsp3) is 0.368. The second-order valence-electron chi connectivity index (χ2n) is 5.98. The SMILES string of the molecule is CCOc1nc2c(c(-c3ccco3)c1C#N)CC1=C2CCCC1. The summed E-state index contributed by atoms with van der Waals surface area (Å²) in [4.78, 5) is 4.72. The number of nitriles is 1. The molecule has 4 nitrogen and oxygen atoms in total. The van der Waals surface area contributed by atoms with Crippen LogP contribution in [0.3, 0.4) is 0 Å². The molecule has 0 N–H and O–H groups in total. The molecule has 0 spiro atoms. The molecule has 0 aliphatic heterocycles. The standard InChI is InChI=1S/C19H18N2O2/c1-2-22-19-15(11-20)17(16-8-5-9-23-16)14-10-12-6-3-4-7-13(12)18(14)21-19/h5,8-9H,2-4,6-7,10H2,1H3. The summed E-state index contributed by atoms with van der Waals surface area (Å²) in [6.07, 6.45) is 7.19. The largest absolute Gasteiger partial charge is 0.477 e. The van der Waals surface area contributed by atoms with Gasteiger partial charge in [0.2, 0.25) is 5.88 Å². The van der Waals surface area contributed by atoms with Gasteiger partial charge in [-0.1, -0.05) is 5.57 Å². The van der Waals surface area contributed by atoms with Crippen molar-refractivity contribution in [2.75, 3.05) is 6.61 Å². The van der Waals surface area contributed by atoms with Gasteiger partial charge in [0.25, 0.3) is 0 Å². The first kappa shape index (κ1) is 14.1. The topological polar surface area (TPSA) is 59.1 Å². The molecule has 116 valence electrons. The molecule has 0 saturated carbocycles. The zero-order valence-electron chi connectivity index (χ0n) is 13.2. The molecule has 2 aliphatic rings. The fourth-order valence-electron chi connectivity index (χ4n) is 3.72. The molecule has 0 fully saturated rings. The van der Waals surface area contributed by atoms with Gasteiger partial charge in [-0.15, -0.1) is 0 Å². The molecule has 2 aromatic heterocycles. The third kappa shape index (κ3) is 2.16. The van der Waals surface area contributed by atoms with Crippen LogP contribution in [0.25, 0.3) is 16.9 Å². The van der Waals surface area contributed by atoms with Gasteiger partial charge in [-0.3, -0.25) is 0 Å². The molecular weight excluding hydrogens is 288 g/mol. The molecular formula is C19H18N2O2. The zero-order valence-corrected chi connectivity index (χ0v) is 13.2. The highest BCUT2D eigenvalue weighted by Crippen LogP contribution is 2.46. The Kier molecular flexibility index (Phi) is 3.42. The Morgan fingerprint density at radius 2 is 2.22 bits per heavy atom. The molecule has 0 aromatic carbocycles. The van der Waals surface area contributed by atoms with Crippen molar-refractivity contribution in [1.29, 1.82) is 5.26 Å². The number of allylic oxidation sites excluding steroid dienone is 2. The lowest BCUT2D eigenvalue weighted by molar-refractivity contribution is 0.325. The first-order valence-electron chi connectivity index (χ1n) is 8.18. The maximum absolute atomic E-state index is 9.69. The van der Waals surface area contributed by atoms with Crippen molar-refractivity contribution in [3.05, 3.63) is 40.8 Å². The summed E-state index contributed by atoms with van der Waals surface area (Å²) in [5.74, 6) is 1.15. The third-order valence-corrected chi connectivity index (χ3v) is 4.68. The maximum atomic E-state index is 9.69. The van der Waals surface area contributed by atoms with Crippen molar-refractivity contribution >= 4 is 5.57 Å². The van der Waals surface area contributed by atoms with E-state index in [1.807, 2.05) is 19.1 Å². The van der Waals surface area contributed by atoms with Gasteiger partial charge in [0.05, 0.1) is 18.6 Å². The van der Waals surface area contributed by atoms with Gasteiger partial charge >= 0.3 is 0 Å². The number of aromatic nitrogens is 1. The van der Waals surface area contributed by atoms with E-state index in [9.17, 15) is 5.26 Å². The van der Waals surface area contributed by atoms with E-state index in [1.165, 1.54) is 24.0 Å². The highest BCUT2D eigenvalue weighted by molar-refractivity contribution is 5.84. The Morgan fingerprint density at radius 3 is 2.96 bits per heavy atom. The normalized spacial score (nSPS) is 16.0. The van der Waals surface area contributed by atoms with Gasteiger partial charge in [-0.05, 0) is 62.3 Å². The predicted octanol–water partition coefficient (Wildman–Crippen LogP) is 4.50. The quantitative estimate of drug-likeness (QED) is 0.838. The molecule has 0 bridgehead atoms. The highest BCUT2D eigenvalue weighted by atomic mass is 16.5. The summed E-state index contributed by atoms with van der Waals surface area (Å²) < 4.78 is 11.3.